The molecule has 3 atom stereocenters. The number of nitrogens with one attached hydrogen (secondary N) is 1. The van der Waals surface area contributed by atoms with Crippen LogP contribution >= 0.6 is 0 Å². The first kappa shape index (κ1) is 56.5. The Morgan fingerprint density at radius 2 is 1.06 bits per heavy atom. The normalized spacial score (nSPS) is 16.3. The fourth-order valence-corrected chi connectivity index (χ4v) is 7.95. The van der Waals surface area contributed by atoms with Crippen molar-refractivity contribution < 1.29 is 42.7 Å². The standard InChI is InChI=1S/C50H90N2O11/c1-5-7-9-11-13-15-17-19-21-23-25-27-29-31-35-59-50(60-36-32-30-28-26-24-22-20-18-16-14-12-10-8-6-2)63-43-39-45(52-40-42(3)48(55)51-49(52)56)62-44(43)41-61-47(54)34-33-46(53)58-38-37-57-4/h40,43-45,50H,5-39,41H2,1-4H3,(H,51,55,56)/t43?,44-,45-/m1/s1. The quantitative estimate of drug-likeness (QED) is 0.0378. The fraction of sp³-hybridized carbons (Fsp3) is 0.880. The smallest absolute Gasteiger partial charge is 0.330 e. The van der Waals surface area contributed by atoms with Crippen LogP contribution in [0.4, 0.5) is 0 Å². The number of aryl methyl sites for hydroxylation is 1. The largest absolute Gasteiger partial charge is 0.463 e. The molecule has 13 heteroatoms. The Balaban J connectivity index is 1.91. The summed E-state index contributed by atoms with van der Waals surface area (Å²) in [4.78, 5) is 52.1. The molecule has 0 aliphatic carbocycles. The number of carbonyl (C=O) groups is 2. The van der Waals surface area contributed by atoms with Crippen LogP contribution in [0, 0.1) is 6.92 Å². The monoisotopic (exact) mass is 895 g/mol. The highest BCUT2D eigenvalue weighted by atomic mass is 16.8. The van der Waals surface area contributed by atoms with Gasteiger partial charge < -0.3 is 33.2 Å². The summed E-state index contributed by atoms with van der Waals surface area (Å²) in [5.41, 5.74) is -0.727. The van der Waals surface area contributed by atoms with E-state index in [1.807, 2.05) is 0 Å². The molecule has 1 unspecified atom stereocenters. The number of ether oxygens (including phenoxy) is 7. The van der Waals surface area contributed by atoms with E-state index in [4.69, 9.17) is 33.2 Å². The summed E-state index contributed by atoms with van der Waals surface area (Å²) in [5, 5.41) is 0. The fourth-order valence-electron chi connectivity index (χ4n) is 7.95. The Labute approximate surface area is 380 Å². The van der Waals surface area contributed by atoms with Gasteiger partial charge in [-0.05, 0) is 19.8 Å². The topological polar surface area (TPSA) is 154 Å². The van der Waals surface area contributed by atoms with Gasteiger partial charge in [0.1, 0.15) is 25.5 Å². The lowest BCUT2D eigenvalue weighted by molar-refractivity contribution is -0.309. The van der Waals surface area contributed by atoms with Gasteiger partial charge in [-0.3, -0.25) is 23.9 Å². The summed E-state index contributed by atoms with van der Waals surface area (Å²) in [6.45, 7) is 6.30. The Morgan fingerprint density at radius 1 is 0.635 bits per heavy atom. The SMILES string of the molecule is CCCCCCCCCCCCCCCCOC(OCCCCCCCCCCCCCCCC)OC1C[C@H](n2cc(C)c(=O)[nH]c2=O)O[C@@H]1COC(=O)CCC(=O)OCCOC. The van der Waals surface area contributed by atoms with Crippen LogP contribution in [0.2, 0.25) is 0 Å². The van der Waals surface area contributed by atoms with Crippen LogP contribution < -0.4 is 11.2 Å². The first-order valence-corrected chi connectivity index (χ1v) is 25.4. The van der Waals surface area contributed by atoms with Crippen LogP contribution in [0.3, 0.4) is 0 Å². The van der Waals surface area contributed by atoms with E-state index in [-0.39, 0.29) is 39.1 Å². The molecule has 1 saturated heterocycles. The van der Waals surface area contributed by atoms with Gasteiger partial charge in [0.25, 0.3) is 12.0 Å². The maximum atomic E-state index is 12.9. The van der Waals surface area contributed by atoms with Crippen molar-refractivity contribution in [2.45, 2.75) is 245 Å². The number of aromatic amines is 1. The average molecular weight is 895 g/mol. The minimum Gasteiger partial charge on any atom is -0.463 e. The number of nitrogens with zero attached hydrogens (tertiary/aromatic N) is 1. The number of unbranched alkanes of at least 4 members (excludes halogenated alkanes) is 26. The zero-order valence-electron chi connectivity index (χ0n) is 40.3. The van der Waals surface area contributed by atoms with Crippen molar-refractivity contribution in [2.24, 2.45) is 0 Å². The Bertz CT molecular complexity index is 1350. The summed E-state index contributed by atoms with van der Waals surface area (Å²) in [7, 11) is 1.51. The Hall–Kier alpha value is -2.58. The number of hydrogen-bond acceptors (Lipinski definition) is 11. The van der Waals surface area contributed by atoms with Crippen molar-refractivity contribution in [3.05, 3.63) is 32.6 Å². The van der Waals surface area contributed by atoms with E-state index in [9.17, 15) is 19.2 Å². The highest BCUT2D eigenvalue weighted by Gasteiger charge is 2.40. The van der Waals surface area contributed by atoms with Crippen LogP contribution in [0.25, 0.3) is 0 Å². The van der Waals surface area contributed by atoms with Gasteiger partial charge >= 0.3 is 17.6 Å². The number of carbonyl (C=O) groups excluding carboxylic acids is 2. The molecule has 0 radical (unpaired) electrons. The van der Waals surface area contributed by atoms with Crippen LogP contribution in [0.5, 0.6) is 0 Å². The van der Waals surface area contributed by atoms with Gasteiger partial charge in [-0.15, -0.1) is 0 Å². The summed E-state index contributed by atoms with van der Waals surface area (Å²) >= 11 is 0. The molecule has 63 heavy (non-hydrogen) atoms. The zero-order valence-corrected chi connectivity index (χ0v) is 40.3. The van der Waals surface area contributed by atoms with E-state index in [0.717, 1.165) is 38.5 Å². The van der Waals surface area contributed by atoms with Gasteiger partial charge in [0.05, 0.1) is 38.8 Å². The molecule has 1 N–H and O–H groups in total. The average Bonchev–Trinajstić information content (AvgIpc) is 3.67. The molecule has 13 nitrogen and oxygen atoms in total. The number of H-pyrrole nitrogens is 1. The van der Waals surface area contributed by atoms with Crippen molar-refractivity contribution in [2.75, 3.05) is 40.1 Å². The first-order chi connectivity index (χ1) is 30.8. The molecule has 0 amide bonds. The molecule has 0 bridgehead atoms. The molecule has 2 rings (SSSR count). The molecular formula is C50H90N2O11. The lowest BCUT2D eigenvalue weighted by Crippen LogP contribution is -2.36. The van der Waals surface area contributed by atoms with E-state index < -0.39 is 48.1 Å². The molecule has 0 aromatic carbocycles. The van der Waals surface area contributed by atoms with E-state index in [2.05, 4.69) is 18.8 Å². The van der Waals surface area contributed by atoms with Crippen molar-refractivity contribution >= 4 is 11.9 Å². The minimum absolute atomic E-state index is 0.106. The molecular weight excluding hydrogens is 805 g/mol. The highest BCUT2D eigenvalue weighted by molar-refractivity contribution is 5.77. The van der Waals surface area contributed by atoms with Crippen molar-refractivity contribution in [1.82, 2.24) is 9.55 Å². The van der Waals surface area contributed by atoms with E-state index in [1.54, 1.807) is 6.92 Å². The Kier molecular flexibility index (Phi) is 34.7. The van der Waals surface area contributed by atoms with Gasteiger partial charge in [-0.25, -0.2) is 4.79 Å². The number of rotatable bonds is 43. The van der Waals surface area contributed by atoms with Crippen LogP contribution in [0.1, 0.15) is 225 Å². The third kappa shape index (κ3) is 28.8. The zero-order chi connectivity index (χ0) is 45.6. The van der Waals surface area contributed by atoms with Crippen LogP contribution in [-0.2, 0) is 42.7 Å². The minimum atomic E-state index is -0.976. The van der Waals surface area contributed by atoms with Crippen LogP contribution in [-0.4, -0.2) is 80.3 Å². The second kappa shape index (κ2) is 38.7. The maximum Gasteiger partial charge on any atom is 0.330 e. The second-order valence-electron chi connectivity index (χ2n) is 17.6. The van der Waals surface area contributed by atoms with Crippen molar-refractivity contribution in [1.29, 1.82) is 0 Å². The summed E-state index contributed by atoms with van der Waals surface area (Å²) in [6.07, 6.45) is 34.7. The molecule has 0 spiro atoms. The highest BCUT2D eigenvalue weighted by Crippen LogP contribution is 2.32. The molecule has 0 saturated carbocycles. The third-order valence-corrected chi connectivity index (χ3v) is 11.9. The van der Waals surface area contributed by atoms with Gasteiger partial charge in [-0.2, -0.15) is 0 Å². The van der Waals surface area contributed by atoms with Gasteiger partial charge in [-0.1, -0.05) is 181 Å². The lowest BCUT2D eigenvalue weighted by Gasteiger charge is -2.25. The van der Waals surface area contributed by atoms with E-state index >= 15 is 0 Å². The number of aromatic nitrogens is 2. The summed E-state index contributed by atoms with van der Waals surface area (Å²) in [6, 6.07) is 0. The van der Waals surface area contributed by atoms with E-state index in [1.165, 1.54) is 159 Å². The molecule has 1 aromatic rings. The summed E-state index contributed by atoms with van der Waals surface area (Å²) in [5.74, 6) is -1.12. The lowest BCUT2D eigenvalue weighted by atomic mass is 10.0. The first-order valence-electron chi connectivity index (χ1n) is 25.4. The number of hydrogen-bond donors (Lipinski definition) is 1. The van der Waals surface area contributed by atoms with Crippen molar-refractivity contribution in [3.63, 3.8) is 0 Å². The van der Waals surface area contributed by atoms with Crippen LogP contribution in [0.15, 0.2) is 15.8 Å². The predicted molar refractivity (Wildman–Crippen MR) is 249 cm³/mol. The molecule has 1 aromatic heterocycles. The van der Waals surface area contributed by atoms with E-state index in [0.29, 0.717) is 18.8 Å². The van der Waals surface area contributed by atoms with Gasteiger partial charge in [0.2, 0.25) is 0 Å². The van der Waals surface area contributed by atoms with Gasteiger partial charge in [0.15, 0.2) is 0 Å². The molecule has 1 fully saturated rings. The van der Waals surface area contributed by atoms with Gasteiger partial charge in [0, 0.05) is 25.3 Å². The number of esters is 2. The Morgan fingerprint density at radius 3 is 1.51 bits per heavy atom. The predicted octanol–water partition coefficient (Wildman–Crippen LogP) is 11.3. The third-order valence-electron chi connectivity index (χ3n) is 11.9. The number of methoxy groups -OCH3 is 1. The molecule has 1 aliphatic heterocycles. The summed E-state index contributed by atoms with van der Waals surface area (Å²) < 4.78 is 42.0. The molecule has 366 valence electrons. The second-order valence-corrected chi connectivity index (χ2v) is 17.6. The molecule has 1 aliphatic rings. The molecule has 2 heterocycles. The van der Waals surface area contributed by atoms with Crippen molar-refractivity contribution in [3.8, 4) is 0 Å². The maximum absolute atomic E-state index is 12.9.